The number of aliphatic hydroxyl groups excluding tert-OH is 1. The van der Waals surface area contributed by atoms with Gasteiger partial charge in [-0.1, -0.05) is 50.2 Å². The van der Waals surface area contributed by atoms with Crippen molar-refractivity contribution in [2.75, 3.05) is 7.11 Å². The lowest BCUT2D eigenvalue weighted by Gasteiger charge is -2.26. The molecule has 2 heterocycles. The summed E-state index contributed by atoms with van der Waals surface area (Å²) in [7, 11) is 1.50. The molecule has 1 aliphatic heterocycles. The molecule has 1 N–H and O–H groups in total. The summed E-state index contributed by atoms with van der Waals surface area (Å²) in [4.78, 5) is 31.9. The predicted molar refractivity (Wildman–Crippen MR) is 126 cm³/mol. The minimum atomic E-state index is -0.732. The highest BCUT2D eigenvalue weighted by Gasteiger charge is 2.46. The number of amides is 1. The molecule has 0 bridgehead atoms. The second-order valence-electron chi connectivity index (χ2n) is 8.30. The highest BCUT2D eigenvalue weighted by Crippen LogP contribution is 2.41. The van der Waals surface area contributed by atoms with Crippen molar-refractivity contribution in [3.8, 4) is 5.75 Å². The molecule has 2 aromatic carbocycles. The number of carbonyl (C=O) groups is 2. The molecule has 6 heteroatoms. The summed E-state index contributed by atoms with van der Waals surface area (Å²) in [5.74, 6) is -0.854. The molecular weight excluding hydrogens is 416 g/mol. The highest BCUT2D eigenvalue weighted by molar-refractivity contribution is 6.46. The van der Waals surface area contributed by atoms with Crippen LogP contribution in [0.3, 0.4) is 0 Å². The molecule has 1 fully saturated rings. The SMILES string of the molecule is COc1ccccc1/C(O)=C1/C(=O)C(=O)N(Cc2ccncc2)C1c1ccc(C(C)C)cc1. The molecule has 1 aliphatic rings. The maximum Gasteiger partial charge on any atom is 0.295 e. The Labute approximate surface area is 193 Å². The van der Waals surface area contributed by atoms with Crippen molar-refractivity contribution in [3.63, 3.8) is 0 Å². The zero-order chi connectivity index (χ0) is 23.5. The highest BCUT2D eigenvalue weighted by atomic mass is 16.5. The molecule has 4 rings (SSSR count). The number of methoxy groups -OCH3 is 1. The van der Waals surface area contributed by atoms with E-state index in [-0.39, 0.29) is 17.9 Å². The Bertz CT molecular complexity index is 1200. The summed E-state index contributed by atoms with van der Waals surface area (Å²) in [6.45, 7) is 4.42. The van der Waals surface area contributed by atoms with Gasteiger partial charge in [-0.05, 0) is 46.9 Å². The number of Topliss-reactive ketones (excluding diaryl/α,β-unsaturated/α-hetero) is 1. The Kier molecular flexibility index (Phi) is 6.27. The van der Waals surface area contributed by atoms with Gasteiger partial charge in [0, 0.05) is 18.9 Å². The van der Waals surface area contributed by atoms with Gasteiger partial charge in [0.15, 0.2) is 0 Å². The maximum absolute atomic E-state index is 13.2. The number of aliphatic hydroxyl groups is 1. The van der Waals surface area contributed by atoms with E-state index < -0.39 is 17.7 Å². The Morgan fingerprint density at radius 1 is 1.03 bits per heavy atom. The fraction of sp³-hybridized carbons (Fsp3) is 0.222. The zero-order valence-corrected chi connectivity index (χ0v) is 18.9. The lowest BCUT2D eigenvalue weighted by Crippen LogP contribution is -2.29. The summed E-state index contributed by atoms with van der Waals surface area (Å²) in [5, 5.41) is 11.3. The van der Waals surface area contributed by atoms with Crippen LogP contribution in [0.5, 0.6) is 5.75 Å². The Morgan fingerprint density at radius 3 is 2.33 bits per heavy atom. The van der Waals surface area contributed by atoms with Gasteiger partial charge >= 0.3 is 0 Å². The number of aromatic nitrogens is 1. The van der Waals surface area contributed by atoms with Gasteiger partial charge in [-0.15, -0.1) is 0 Å². The first-order valence-corrected chi connectivity index (χ1v) is 10.8. The van der Waals surface area contributed by atoms with E-state index in [2.05, 4.69) is 18.8 Å². The van der Waals surface area contributed by atoms with E-state index in [4.69, 9.17) is 4.74 Å². The van der Waals surface area contributed by atoms with E-state index in [0.29, 0.717) is 17.2 Å². The van der Waals surface area contributed by atoms with Gasteiger partial charge in [0.1, 0.15) is 11.5 Å². The average Bonchev–Trinajstić information content (AvgIpc) is 3.09. The monoisotopic (exact) mass is 442 g/mol. The number of pyridine rings is 1. The van der Waals surface area contributed by atoms with Crippen molar-refractivity contribution in [2.24, 2.45) is 0 Å². The van der Waals surface area contributed by atoms with E-state index in [9.17, 15) is 14.7 Å². The fourth-order valence-corrected chi connectivity index (χ4v) is 4.12. The minimum absolute atomic E-state index is 0.0517. The van der Waals surface area contributed by atoms with Crippen LogP contribution in [0.2, 0.25) is 0 Å². The quantitative estimate of drug-likeness (QED) is 0.336. The number of para-hydroxylation sites is 1. The van der Waals surface area contributed by atoms with Crippen LogP contribution < -0.4 is 4.74 Å². The number of nitrogens with zero attached hydrogens (tertiary/aromatic N) is 2. The Morgan fingerprint density at radius 2 is 1.70 bits per heavy atom. The summed E-state index contributed by atoms with van der Waals surface area (Å²) >= 11 is 0. The standard InChI is InChI=1S/C27H26N2O4/c1-17(2)19-8-10-20(11-9-19)24-23(25(30)21-6-4-5-7-22(21)33-3)26(31)27(32)29(24)16-18-12-14-28-15-13-18/h4-15,17,24,30H,16H2,1-3H3/b25-23-. The van der Waals surface area contributed by atoms with Crippen LogP contribution in [0.15, 0.2) is 78.6 Å². The van der Waals surface area contributed by atoms with Crippen molar-refractivity contribution in [1.29, 1.82) is 0 Å². The summed E-state index contributed by atoms with van der Waals surface area (Å²) in [5.41, 5.74) is 3.16. The summed E-state index contributed by atoms with van der Waals surface area (Å²) in [6, 6.07) is 17.6. The number of carbonyl (C=O) groups excluding carboxylic acids is 2. The van der Waals surface area contributed by atoms with Crippen LogP contribution in [-0.4, -0.2) is 33.8 Å². The van der Waals surface area contributed by atoms with Crippen molar-refractivity contribution >= 4 is 17.4 Å². The molecule has 1 amide bonds. The third kappa shape index (κ3) is 4.24. The average molecular weight is 443 g/mol. The Balaban J connectivity index is 1.88. The Hall–Kier alpha value is -3.93. The molecule has 0 radical (unpaired) electrons. The van der Waals surface area contributed by atoms with Crippen molar-refractivity contribution < 1.29 is 19.4 Å². The van der Waals surface area contributed by atoms with E-state index >= 15 is 0 Å². The number of likely N-dealkylation sites (tertiary alicyclic amines) is 1. The molecule has 168 valence electrons. The molecular formula is C27H26N2O4. The normalized spacial score (nSPS) is 17.6. The van der Waals surface area contributed by atoms with E-state index in [1.165, 1.54) is 12.0 Å². The largest absolute Gasteiger partial charge is 0.507 e. The lowest BCUT2D eigenvalue weighted by atomic mass is 9.93. The predicted octanol–water partition coefficient (Wildman–Crippen LogP) is 4.84. The first-order chi connectivity index (χ1) is 15.9. The van der Waals surface area contributed by atoms with E-state index in [1.54, 1.807) is 48.8 Å². The number of hydrogen-bond acceptors (Lipinski definition) is 5. The molecule has 0 saturated carbocycles. The van der Waals surface area contributed by atoms with Gasteiger partial charge in [0.25, 0.3) is 11.7 Å². The van der Waals surface area contributed by atoms with Crippen molar-refractivity contribution in [2.45, 2.75) is 32.4 Å². The maximum atomic E-state index is 13.2. The topological polar surface area (TPSA) is 79.7 Å². The molecule has 1 atom stereocenters. The summed E-state index contributed by atoms with van der Waals surface area (Å²) < 4.78 is 5.38. The molecule has 3 aromatic rings. The third-order valence-electron chi connectivity index (χ3n) is 5.92. The van der Waals surface area contributed by atoms with Gasteiger partial charge in [-0.3, -0.25) is 14.6 Å². The number of rotatable bonds is 6. The molecule has 33 heavy (non-hydrogen) atoms. The van der Waals surface area contributed by atoms with Gasteiger partial charge in [-0.2, -0.15) is 0 Å². The number of hydrogen-bond donors (Lipinski definition) is 1. The molecule has 1 unspecified atom stereocenters. The first kappa shape index (κ1) is 22.3. The number of benzene rings is 2. The van der Waals surface area contributed by atoms with Gasteiger partial charge in [0.05, 0.1) is 24.3 Å². The zero-order valence-electron chi connectivity index (χ0n) is 18.9. The second kappa shape index (κ2) is 9.28. The molecule has 0 aliphatic carbocycles. The number of ether oxygens (including phenoxy) is 1. The van der Waals surface area contributed by atoms with Crippen LogP contribution in [-0.2, 0) is 16.1 Å². The van der Waals surface area contributed by atoms with E-state index in [1.807, 2.05) is 24.3 Å². The van der Waals surface area contributed by atoms with Crippen LogP contribution in [0, 0.1) is 0 Å². The second-order valence-corrected chi connectivity index (χ2v) is 8.30. The van der Waals surface area contributed by atoms with Crippen LogP contribution in [0.4, 0.5) is 0 Å². The number of ketones is 1. The van der Waals surface area contributed by atoms with Crippen LogP contribution in [0.1, 0.15) is 48.1 Å². The van der Waals surface area contributed by atoms with Gasteiger partial charge < -0.3 is 14.7 Å². The minimum Gasteiger partial charge on any atom is -0.507 e. The molecule has 6 nitrogen and oxygen atoms in total. The summed E-state index contributed by atoms with van der Waals surface area (Å²) in [6.07, 6.45) is 3.29. The lowest BCUT2D eigenvalue weighted by molar-refractivity contribution is -0.140. The smallest absolute Gasteiger partial charge is 0.295 e. The fourth-order valence-electron chi connectivity index (χ4n) is 4.12. The van der Waals surface area contributed by atoms with Crippen molar-refractivity contribution in [1.82, 2.24) is 9.88 Å². The van der Waals surface area contributed by atoms with Crippen molar-refractivity contribution in [3.05, 3.63) is 101 Å². The van der Waals surface area contributed by atoms with Crippen LogP contribution >= 0.6 is 0 Å². The first-order valence-electron chi connectivity index (χ1n) is 10.8. The van der Waals surface area contributed by atoms with E-state index in [0.717, 1.165) is 16.7 Å². The van der Waals surface area contributed by atoms with Gasteiger partial charge in [0.2, 0.25) is 0 Å². The molecule has 0 spiro atoms. The van der Waals surface area contributed by atoms with Gasteiger partial charge in [-0.25, -0.2) is 0 Å². The van der Waals surface area contributed by atoms with Crippen LogP contribution in [0.25, 0.3) is 5.76 Å². The molecule has 1 aromatic heterocycles. The molecule has 1 saturated heterocycles. The third-order valence-corrected chi connectivity index (χ3v) is 5.92.